The van der Waals surface area contributed by atoms with Crippen molar-refractivity contribution >= 4 is 11.6 Å². The summed E-state index contributed by atoms with van der Waals surface area (Å²) in [6.07, 6.45) is 1.84. The summed E-state index contributed by atoms with van der Waals surface area (Å²) in [7, 11) is 3.22. The van der Waals surface area contributed by atoms with Crippen LogP contribution in [0.2, 0.25) is 0 Å². The lowest BCUT2D eigenvalue weighted by Crippen LogP contribution is -2.38. The Kier molecular flexibility index (Phi) is 4.84. The van der Waals surface area contributed by atoms with Gasteiger partial charge >= 0.3 is 0 Å². The highest BCUT2D eigenvalue weighted by Crippen LogP contribution is 2.34. The first-order valence-electron chi connectivity index (χ1n) is 6.98. The summed E-state index contributed by atoms with van der Waals surface area (Å²) in [5, 5.41) is 3.28. The first-order valence-corrected chi connectivity index (χ1v) is 6.98. The molecule has 0 saturated carbocycles. The number of amides is 1. The van der Waals surface area contributed by atoms with Gasteiger partial charge in [0.25, 0.3) is 0 Å². The Morgan fingerprint density at radius 3 is 2.80 bits per heavy atom. The number of anilines is 1. The number of carbonyl (C=O) groups excluding carboxylic acids is 1. The Balaban J connectivity index is 2.21. The maximum atomic E-state index is 12.4. The standard InChI is InChI=1S/C15H22N2O3/c1-4-8-16-12-7-9-17(15(12)18)13-10-11(19-2)5-6-14(13)20-3/h5-6,10,12,16H,4,7-9H2,1-3H3. The van der Waals surface area contributed by atoms with E-state index in [1.54, 1.807) is 19.1 Å². The van der Waals surface area contributed by atoms with Crippen LogP contribution in [0.1, 0.15) is 19.8 Å². The van der Waals surface area contributed by atoms with Crippen LogP contribution in [0.25, 0.3) is 0 Å². The van der Waals surface area contributed by atoms with Crippen molar-refractivity contribution in [3.05, 3.63) is 18.2 Å². The molecule has 1 aromatic rings. The van der Waals surface area contributed by atoms with Gasteiger partial charge in [0.2, 0.25) is 5.91 Å². The molecule has 5 nitrogen and oxygen atoms in total. The number of carbonyl (C=O) groups is 1. The van der Waals surface area contributed by atoms with Crippen LogP contribution in [-0.4, -0.2) is 39.3 Å². The van der Waals surface area contributed by atoms with Crippen molar-refractivity contribution in [3.8, 4) is 11.5 Å². The van der Waals surface area contributed by atoms with Crippen molar-refractivity contribution < 1.29 is 14.3 Å². The summed E-state index contributed by atoms with van der Waals surface area (Å²) in [4.78, 5) is 14.2. The predicted molar refractivity (Wildman–Crippen MR) is 78.6 cm³/mol. The number of nitrogens with zero attached hydrogens (tertiary/aromatic N) is 1. The first kappa shape index (κ1) is 14.7. The third kappa shape index (κ3) is 2.88. The molecule has 1 heterocycles. The number of rotatable bonds is 6. The van der Waals surface area contributed by atoms with Gasteiger partial charge in [-0.15, -0.1) is 0 Å². The average molecular weight is 278 g/mol. The van der Waals surface area contributed by atoms with Gasteiger partial charge in [0, 0.05) is 12.6 Å². The summed E-state index contributed by atoms with van der Waals surface area (Å²) in [6, 6.07) is 5.41. The van der Waals surface area contributed by atoms with Crippen molar-refractivity contribution in [1.82, 2.24) is 5.32 Å². The minimum Gasteiger partial charge on any atom is -0.497 e. The molecule has 0 bridgehead atoms. The zero-order chi connectivity index (χ0) is 14.5. The summed E-state index contributed by atoms with van der Waals surface area (Å²) < 4.78 is 10.6. The highest BCUT2D eigenvalue weighted by atomic mass is 16.5. The Morgan fingerprint density at radius 2 is 2.15 bits per heavy atom. The van der Waals surface area contributed by atoms with Crippen molar-refractivity contribution in [1.29, 1.82) is 0 Å². The van der Waals surface area contributed by atoms with Crippen LogP contribution < -0.4 is 19.7 Å². The second-order valence-electron chi connectivity index (χ2n) is 4.82. The van der Waals surface area contributed by atoms with E-state index >= 15 is 0 Å². The maximum Gasteiger partial charge on any atom is 0.244 e. The highest BCUT2D eigenvalue weighted by molar-refractivity contribution is 6.00. The molecule has 1 aromatic carbocycles. The van der Waals surface area contributed by atoms with Crippen molar-refractivity contribution in [2.75, 3.05) is 32.2 Å². The SMILES string of the molecule is CCCNC1CCN(c2cc(OC)ccc2OC)C1=O. The molecule has 1 aliphatic rings. The van der Waals surface area contributed by atoms with E-state index in [-0.39, 0.29) is 11.9 Å². The van der Waals surface area contributed by atoms with Gasteiger partial charge in [-0.3, -0.25) is 4.79 Å². The first-order chi connectivity index (χ1) is 9.71. The molecule has 0 radical (unpaired) electrons. The van der Waals surface area contributed by atoms with Crippen LogP contribution in [0.4, 0.5) is 5.69 Å². The molecule has 0 aromatic heterocycles. The Morgan fingerprint density at radius 1 is 1.35 bits per heavy atom. The molecule has 1 unspecified atom stereocenters. The second kappa shape index (κ2) is 6.61. The number of hydrogen-bond acceptors (Lipinski definition) is 4. The van der Waals surface area contributed by atoms with Crippen LogP contribution in [0.5, 0.6) is 11.5 Å². The summed E-state index contributed by atoms with van der Waals surface area (Å²) >= 11 is 0. The van der Waals surface area contributed by atoms with Crippen LogP contribution in [0.15, 0.2) is 18.2 Å². The van der Waals surface area contributed by atoms with Gasteiger partial charge in [-0.1, -0.05) is 6.92 Å². The zero-order valence-electron chi connectivity index (χ0n) is 12.3. The molecule has 2 rings (SSSR count). The van der Waals surface area contributed by atoms with E-state index in [0.29, 0.717) is 12.3 Å². The molecule has 5 heteroatoms. The molecule has 1 fully saturated rings. The third-order valence-electron chi connectivity index (χ3n) is 3.52. The lowest BCUT2D eigenvalue weighted by molar-refractivity contribution is -0.118. The smallest absolute Gasteiger partial charge is 0.244 e. The van der Waals surface area contributed by atoms with Gasteiger partial charge in [0.15, 0.2) is 0 Å². The average Bonchev–Trinajstić information content (AvgIpc) is 2.85. The molecule has 1 aliphatic heterocycles. The van der Waals surface area contributed by atoms with Crippen LogP contribution in [0.3, 0.4) is 0 Å². The van der Waals surface area contributed by atoms with E-state index in [1.807, 2.05) is 18.2 Å². The lowest BCUT2D eigenvalue weighted by Gasteiger charge is -2.20. The van der Waals surface area contributed by atoms with Crippen LogP contribution in [-0.2, 0) is 4.79 Å². The summed E-state index contributed by atoms with van der Waals surface area (Å²) in [5.41, 5.74) is 0.776. The number of methoxy groups -OCH3 is 2. The largest absolute Gasteiger partial charge is 0.497 e. The minimum atomic E-state index is -0.0918. The Hall–Kier alpha value is -1.75. The van der Waals surface area contributed by atoms with E-state index in [0.717, 1.165) is 30.8 Å². The molecule has 1 saturated heterocycles. The van der Waals surface area contributed by atoms with E-state index in [2.05, 4.69) is 12.2 Å². The minimum absolute atomic E-state index is 0.0918. The normalized spacial score (nSPS) is 18.4. The summed E-state index contributed by atoms with van der Waals surface area (Å²) in [5.74, 6) is 1.51. The summed E-state index contributed by atoms with van der Waals surface area (Å²) in [6.45, 7) is 3.65. The van der Waals surface area contributed by atoms with Crippen LogP contribution in [0, 0.1) is 0 Å². The fourth-order valence-electron chi connectivity index (χ4n) is 2.43. The molecule has 20 heavy (non-hydrogen) atoms. The van der Waals surface area contributed by atoms with Gasteiger partial charge in [-0.2, -0.15) is 0 Å². The molecule has 1 N–H and O–H groups in total. The second-order valence-corrected chi connectivity index (χ2v) is 4.82. The lowest BCUT2D eigenvalue weighted by atomic mass is 10.2. The van der Waals surface area contributed by atoms with E-state index < -0.39 is 0 Å². The number of nitrogens with one attached hydrogen (secondary N) is 1. The van der Waals surface area contributed by atoms with Crippen molar-refractivity contribution in [3.63, 3.8) is 0 Å². The number of benzene rings is 1. The van der Waals surface area contributed by atoms with E-state index in [4.69, 9.17) is 9.47 Å². The Bertz CT molecular complexity index is 476. The van der Waals surface area contributed by atoms with E-state index in [1.165, 1.54) is 0 Å². The van der Waals surface area contributed by atoms with Gasteiger partial charge in [-0.05, 0) is 31.5 Å². The molecular weight excluding hydrogens is 256 g/mol. The predicted octanol–water partition coefficient (Wildman–Crippen LogP) is 1.81. The monoisotopic (exact) mass is 278 g/mol. The number of hydrogen-bond donors (Lipinski definition) is 1. The topological polar surface area (TPSA) is 50.8 Å². The molecule has 1 amide bonds. The molecule has 1 atom stereocenters. The fraction of sp³-hybridized carbons (Fsp3) is 0.533. The van der Waals surface area contributed by atoms with Gasteiger partial charge in [0.05, 0.1) is 25.9 Å². The van der Waals surface area contributed by atoms with E-state index in [9.17, 15) is 4.79 Å². The van der Waals surface area contributed by atoms with Crippen molar-refractivity contribution in [2.24, 2.45) is 0 Å². The molecule has 110 valence electrons. The maximum absolute atomic E-state index is 12.4. The Labute approximate surface area is 119 Å². The molecular formula is C15H22N2O3. The van der Waals surface area contributed by atoms with Gasteiger partial charge in [0.1, 0.15) is 11.5 Å². The highest BCUT2D eigenvalue weighted by Gasteiger charge is 2.33. The van der Waals surface area contributed by atoms with Gasteiger partial charge in [-0.25, -0.2) is 0 Å². The zero-order valence-corrected chi connectivity index (χ0v) is 12.3. The van der Waals surface area contributed by atoms with Gasteiger partial charge < -0.3 is 19.7 Å². The molecule has 0 aliphatic carbocycles. The quantitative estimate of drug-likeness (QED) is 0.862. The van der Waals surface area contributed by atoms with Crippen LogP contribution >= 0.6 is 0 Å². The fourth-order valence-corrected chi connectivity index (χ4v) is 2.43. The molecule has 0 spiro atoms. The van der Waals surface area contributed by atoms with Crippen molar-refractivity contribution in [2.45, 2.75) is 25.8 Å². The third-order valence-corrected chi connectivity index (χ3v) is 3.52. The number of ether oxygens (including phenoxy) is 2.